The smallest absolute Gasteiger partial charge is 0.744 e. The van der Waals surface area contributed by atoms with Gasteiger partial charge in [0.15, 0.2) is 0 Å². The summed E-state index contributed by atoms with van der Waals surface area (Å²) in [5.41, 5.74) is 0.0871. The number of anilines is 2. The quantitative estimate of drug-likeness (QED) is 0.110. The molecule has 2 amide bonds. The average Bonchev–Trinajstić information content (AvgIpc) is 3.10. The fourth-order valence-corrected chi connectivity index (χ4v) is 7.87. The Labute approximate surface area is 408 Å². The van der Waals surface area contributed by atoms with Crippen molar-refractivity contribution >= 4 is 115 Å². The fourth-order valence-electron chi connectivity index (χ4n) is 5.27. The van der Waals surface area contributed by atoms with Crippen molar-refractivity contribution in [3.63, 3.8) is 0 Å². The number of fused-ring (bicyclic) bond motifs is 2. The van der Waals surface area contributed by atoms with Crippen LogP contribution >= 0.6 is 23.2 Å². The molecule has 24 heteroatoms. The van der Waals surface area contributed by atoms with Crippen molar-refractivity contribution in [3.05, 3.63) is 113 Å². The van der Waals surface area contributed by atoms with E-state index in [0.717, 1.165) is 24.3 Å². The normalized spacial score (nSPS) is 11.9. The third kappa shape index (κ3) is 11.7. The molecule has 0 radical (unpaired) electrons. The Hall–Kier alpha value is -2.38. The molecule has 0 spiro atoms. The summed E-state index contributed by atoms with van der Waals surface area (Å²) < 4.78 is 107. The number of nitrogens with zero attached hydrogens (tertiary/aromatic N) is 4. The number of carbonyl (C=O) groups excluding carboxylic acids is 1. The summed E-state index contributed by atoms with van der Waals surface area (Å²) in [6.07, 6.45) is 0. The van der Waals surface area contributed by atoms with Gasteiger partial charge in [0, 0.05) is 22.1 Å². The monoisotopic (exact) mass is 908 g/mol. The molecule has 0 fully saturated rings. The van der Waals surface area contributed by atoms with Crippen LogP contribution in [-0.2, 0) is 30.4 Å². The molecule has 0 saturated carbocycles. The first-order valence-electron chi connectivity index (χ1n) is 15.3. The number of hydrogen-bond donors (Lipinski definition) is 2. The third-order valence-corrected chi connectivity index (χ3v) is 11.1. The van der Waals surface area contributed by atoms with E-state index in [0.29, 0.717) is 11.1 Å². The number of benzene rings is 6. The van der Waals surface area contributed by atoms with Crippen LogP contribution in [0.3, 0.4) is 0 Å². The van der Waals surface area contributed by atoms with Crippen molar-refractivity contribution in [1.29, 1.82) is 0 Å². The molecule has 16 nitrogen and oxygen atoms in total. The van der Waals surface area contributed by atoms with E-state index in [1.807, 2.05) is 0 Å². The van der Waals surface area contributed by atoms with E-state index in [1.54, 1.807) is 30.3 Å². The van der Waals surface area contributed by atoms with Crippen LogP contribution in [0.1, 0.15) is 5.56 Å². The zero-order valence-electron chi connectivity index (χ0n) is 30.6. The van der Waals surface area contributed by atoms with Crippen molar-refractivity contribution in [3.8, 4) is 0 Å². The van der Waals surface area contributed by atoms with E-state index in [2.05, 4.69) is 31.1 Å². The minimum Gasteiger partial charge on any atom is -0.744 e. The number of halogens is 2. The summed E-state index contributed by atoms with van der Waals surface area (Å²) in [7, 11) is -15.0. The van der Waals surface area contributed by atoms with Crippen LogP contribution in [0.4, 0.5) is 38.9 Å². The molecule has 0 aliphatic rings. The number of aryl methyl sites for hydroxylation is 1. The molecule has 6 rings (SSSR count). The number of azo groups is 2. The van der Waals surface area contributed by atoms with Gasteiger partial charge in [0.2, 0.25) is 0 Å². The number of hydrogen-bond acceptors (Lipinski definition) is 14. The SMILES string of the molecule is Cc1cc(S(=O)(=O)[O-])ccc1N=Nc1c(S(=O)(=O)[O-])cc2cc(NC(=O)Nc3ccc4c(Cl)c(N=Nc5ccccc5)c(S(=O)(=O)[O-])cc4c3)ccc2c1Cl.[Na+].[Na+].[Na+]. The maximum atomic E-state index is 13.0. The molecule has 0 bridgehead atoms. The average molecular weight is 910 g/mol. The molecule has 0 heterocycles. The zero-order chi connectivity index (χ0) is 39.9. The van der Waals surface area contributed by atoms with Gasteiger partial charge in [-0.05, 0) is 90.0 Å². The van der Waals surface area contributed by atoms with Gasteiger partial charge in [-0.3, -0.25) is 0 Å². The second-order valence-electron chi connectivity index (χ2n) is 11.6. The maximum Gasteiger partial charge on any atom is 1.00 e. The van der Waals surface area contributed by atoms with Gasteiger partial charge in [0.25, 0.3) is 0 Å². The first-order valence-corrected chi connectivity index (χ1v) is 20.2. The maximum absolute atomic E-state index is 13.0. The molecule has 6 aromatic carbocycles. The van der Waals surface area contributed by atoms with Gasteiger partial charge in [-0.2, -0.15) is 10.2 Å². The summed E-state index contributed by atoms with van der Waals surface area (Å²) in [4.78, 5) is 10.9. The van der Waals surface area contributed by atoms with E-state index in [9.17, 15) is 43.7 Å². The topological polar surface area (TPSA) is 262 Å². The minimum atomic E-state index is -5.20. The molecule has 282 valence electrons. The molecule has 0 aliphatic heterocycles. The van der Waals surface area contributed by atoms with E-state index in [-0.39, 0.29) is 143 Å². The second kappa shape index (κ2) is 20.0. The van der Waals surface area contributed by atoms with Gasteiger partial charge >= 0.3 is 94.7 Å². The summed E-state index contributed by atoms with van der Waals surface area (Å²) in [5, 5.41) is 21.2. The van der Waals surface area contributed by atoms with Crippen molar-refractivity contribution < 1.29 is 132 Å². The third-order valence-electron chi connectivity index (χ3n) is 7.82. The number of urea groups is 1. The van der Waals surface area contributed by atoms with Gasteiger partial charge in [0.05, 0.1) is 36.1 Å². The Morgan fingerprint density at radius 1 is 0.569 bits per heavy atom. The summed E-state index contributed by atoms with van der Waals surface area (Å²) in [6.45, 7) is 1.44. The first-order chi connectivity index (χ1) is 25.8. The first kappa shape index (κ1) is 50.0. The second-order valence-corrected chi connectivity index (χ2v) is 16.4. The van der Waals surface area contributed by atoms with Gasteiger partial charge in [-0.25, -0.2) is 30.0 Å². The van der Waals surface area contributed by atoms with Gasteiger partial charge in [0.1, 0.15) is 41.7 Å². The molecule has 0 aliphatic carbocycles. The molecule has 6 aromatic rings. The van der Waals surface area contributed by atoms with Crippen molar-refractivity contribution in [1.82, 2.24) is 0 Å². The van der Waals surface area contributed by atoms with Crippen LogP contribution in [0.5, 0.6) is 0 Å². The van der Waals surface area contributed by atoms with Crippen LogP contribution in [0.15, 0.2) is 132 Å². The number of carbonyl (C=O) groups is 1. The number of amides is 2. The zero-order valence-corrected chi connectivity index (χ0v) is 40.6. The van der Waals surface area contributed by atoms with Crippen molar-refractivity contribution in [2.24, 2.45) is 20.5 Å². The minimum absolute atomic E-state index is 0. The fraction of sp³-hybridized carbons (Fsp3) is 0.0294. The van der Waals surface area contributed by atoms with Crippen molar-refractivity contribution in [2.75, 3.05) is 10.6 Å². The largest absolute Gasteiger partial charge is 1.00 e. The number of nitrogens with one attached hydrogen (secondary N) is 2. The van der Waals surface area contributed by atoms with E-state index in [4.69, 9.17) is 23.2 Å². The Balaban J connectivity index is 0.00000300. The van der Waals surface area contributed by atoms with Crippen LogP contribution in [0, 0.1) is 6.92 Å². The van der Waals surface area contributed by atoms with Crippen LogP contribution in [0.25, 0.3) is 21.5 Å². The predicted octanol–water partition coefficient (Wildman–Crippen LogP) is -0.193. The Morgan fingerprint density at radius 3 is 1.47 bits per heavy atom. The molecule has 58 heavy (non-hydrogen) atoms. The van der Waals surface area contributed by atoms with Gasteiger partial charge in [-0.15, -0.1) is 10.2 Å². The standard InChI is InChI=1S/C34H24Cl2N6O10S3.3Na/c1-18-13-24(53(44,45)46)9-12-27(18)40-42-33-29(55(50,51)52)17-20-15-23(8-11-26(20)31(33)36)38-34(43)37-22-7-10-25-19(14-22)16-28(54(47,48)49)32(30(25)35)41-39-21-5-3-2-4-6-21;;;/h2-17H,1H3,(H2,37,38,43)(H,44,45,46)(H,47,48,49)(H,50,51,52);;;/q;3*+1/p-3. The van der Waals surface area contributed by atoms with E-state index in [1.165, 1.54) is 49.4 Å². The molecular formula is C34H21Cl2N6Na3O10S3. The van der Waals surface area contributed by atoms with Crippen molar-refractivity contribution in [2.45, 2.75) is 21.6 Å². The van der Waals surface area contributed by atoms with Gasteiger partial charge < -0.3 is 24.3 Å². The molecule has 0 saturated heterocycles. The van der Waals surface area contributed by atoms with Gasteiger partial charge in [-0.1, -0.05) is 53.5 Å². The molecule has 0 atom stereocenters. The summed E-state index contributed by atoms with van der Waals surface area (Å²) >= 11 is 13.0. The molecule has 0 unspecified atom stereocenters. The van der Waals surface area contributed by atoms with E-state index >= 15 is 0 Å². The Bertz CT molecular complexity index is 2980. The Morgan fingerprint density at radius 2 is 1.03 bits per heavy atom. The Kier molecular flexibility index (Phi) is 17.2. The van der Waals surface area contributed by atoms with Crippen LogP contribution in [-0.4, -0.2) is 44.9 Å². The van der Waals surface area contributed by atoms with Crippen LogP contribution < -0.4 is 99.3 Å². The van der Waals surface area contributed by atoms with E-state index < -0.39 is 56.8 Å². The van der Waals surface area contributed by atoms with Crippen LogP contribution in [0.2, 0.25) is 10.0 Å². The molecular weight excluding hydrogens is 888 g/mol. The summed E-state index contributed by atoms with van der Waals surface area (Å²) in [5.74, 6) is 0. The molecule has 0 aromatic heterocycles. The molecule has 2 N–H and O–H groups in total. The number of rotatable bonds is 9. The predicted molar refractivity (Wildman–Crippen MR) is 200 cm³/mol. The summed E-state index contributed by atoms with van der Waals surface area (Å²) in [6, 6.07) is 21.3.